The number of aliphatic hydroxyl groups is 1. The summed E-state index contributed by atoms with van der Waals surface area (Å²) >= 11 is 0. The highest BCUT2D eigenvalue weighted by Gasteiger charge is 2.33. The van der Waals surface area contributed by atoms with Gasteiger partial charge in [-0.05, 0) is 66.9 Å². The summed E-state index contributed by atoms with van der Waals surface area (Å²) in [6.45, 7) is 5.10. The van der Waals surface area contributed by atoms with Gasteiger partial charge in [-0.1, -0.05) is 24.3 Å². The highest BCUT2D eigenvalue weighted by atomic mass is 16.5. The van der Waals surface area contributed by atoms with Crippen LogP contribution in [0.1, 0.15) is 30.5 Å². The minimum Gasteiger partial charge on any atom is -0.494 e. The fourth-order valence-electron chi connectivity index (χ4n) is 3.01. The first-order valence-electron chi connectivity index (χ1n) is 8.78. The van der Waals surface area contributed by atoms with Gasteiger partial charge in [-0.25, -0.2) is 0 Å². The lowest BCUT2D eigenvalue weighted by atomic mass is 9.81. The Kier molecular flexibility index (Phi) is 5.54. The molecular weight excluding hydrogens is 326 g/mol. The Balaban J connectivity index is 2.07. The lowest BCUT2D eigenvalue weighted by molar-refractivity contribution is 0.125. The van der Waals surface area contributed by atoms with E-state index in [0.717, 1.165) is 28.2 Å². The van der Waals surface area contributed by atoms with Gasteiger partial charge >= 0.3 is 0 Å². The van der Waals surface area contributed by atoms with Crippen molar-refractivity contribution in [3.63, 3.8) is 0 Å². The number of pyridine rings is 1. The van der Waals surface area contributed by atoms with Gasteiger partial charge in [0, 0.05) is 12.4 Å². The van der Waals surface area contributed by atoms with Crippen molar-refractivity contribution in [3.8, 4) is 11.5 Å². The fraction of sp³-hybridized carbons (Fsp3) is 0.227. The number of hydrogen-bond acceptors (Lipinski definition) is 4. The van der Waals surface area contributed by atoms with Crippen molar-refractivity contribution in [1.82, 2.24) is 4.98 Å². The molecule has 4 heteroatoms. The van der Waals surface area contributed by atoms with Crippen molar-refractivity contribution in [2.24, 2.45) is 0 Å². The van der Waals surface area contributed by atoms with Gasteiger partial charge in [0.15, 0.2) is 0 Å². The molecule has 0 fully saturated rings. The van der Waals surface area contributed by atoms with Gasteiger partial charge in [0.25, 0.3) is 0 Å². The Bertz CT molecular complexity index is 765. The van der Waals surface area contributed by atoms with Crippen molar-refractivity contribution < 1.29 is 14.6 Å². The molecule has 1 aromatic heterocycles. The summed E-state index contributed by atoms with van der Waals surface area (Å²) in [6.07, 6.45) is 3.37. The fourth-order valence-corrected chi connectivity index (χ4v) is 3.01. The summed E-state index contributed by atoms with van der Waals surface area (Å²) < 4.78 is 11.0. The maximum absolute atomic E-state index is 11.8. The minimum atomic E-state index is -1.29. The van der Waals surface area contributed by atoms with Crippen molar-refractivity contribution in [2.75, 3.05) is 13.2 Å². The second kappa shape index (κ2) is 8.02. The van der Waals surface area contributed by atoms with Gasteiger partial charge in [-0.2, -0.15) is 0 Å². The highest BCUT2D eigenvalue weighted by molar-refractivity contribution is 5.48. The van der Waals surface area contributed by atoms with E-state index >= 15 is 0 Å². The third-order valence-electron chi connectivity index (χ3n) is 4.26. The van der Waals surface area contributed by atoms with Crippen molar-refractivity contribution >= 4 is 0 Å². The van der Waals surface area contributed by atoms with Gasteiger partial charge in [0.1, 0.15) is 17.1 Å². The molecule has 0 radical (unpaired) electrons. The van der Waals surface area contributed by atoms with E-state index in [2.05, 4.69) is 4.98 Å². The van der Waals surface area contributed by atoms with Crippen LogP contribution in [0.25, 0.3) is 0 Å². The van der Waals surface area contributed by atoms with E-state index in [9.17, 15) is 5.11 Å². The maximum atomic E-state index is 11.8. The lowest BCUT2D eigenvalue weighted by Gasteiger charge is -2.30. The van der Waals surface area contributed by atoms with Gasteiger partial charge < -0.3 is 14.6 Å². The quantitative estimate of drug-likeness (QED) is 0.696. The van der Waals surface area contributed by atoms with Crippen LogP contribution >= 0.6 is 0 Å². The van der Waals surface area contributed by atoms with Crippen LogP contribution in [0.3, 0.4) is 0 Å². The summed E-state index contributed by atoms with van der Waals surface area (Å²) in [5.41, 5.74) is 0.978. The number of nitrogens with zero attached hydrogens (tertiary/aromatic N) is 1. The molecule has 0 saturated heterocycles. The first-order valence-corrected chi connectivity index (χ1v) is 8.78. The molecule has 0 spiro atoms. The van der Waals surface area contributed by atoms with Crippen LogP contribution in [0.15, 0.2) is 73.1 Å². The smallest absolute Gasteiger partial charge is 0.140 e. The largest absolute Gasteiger partial charge is 0.494 e. The van der Waals surface area contributed by atoms with E-state index in [1.54, 1.807) is 12.4 Å². The summed E-state index contributed by atoms with van der Waals surface area (Å²) in [4.78, 5) is 4.07. The average Bonchev–Trinajstić information content (AvgIpc) is 2.70. The summed E-state index contributed by atoms with van der Waals surface area (Å²) in [5, 5.41) is 11.8. The molecule has 0 bridgehead atoms. The van der Waals surface area contributed by atoms with E-state index in [0.29, 0.717) is 13.2 Å². The average molecular weight is 349 g/mol. The molecule has 0 aliphatic heterocycles. The molecule has 2 aromatic carbocycles. The van der Waals surface area contributed by atoms with E-state index < -0.39 is 5.60 Å². The number of hydrogen-bond donors (Lipinski definition) is 1. The molecule has 0 amide bonds. The summed E-state index contributed by atoms with van der Waals surface area (Å²) in [7, 11) is 0. The van der Waals surface area contributed by atoms with Gasteiger partial charge in [0.05, 0.1) is 13.2 Å². The van der Waals surface area contributed by atoms with E-state index in [1.165, 1.54) is 0 Å². The van der Waals surface area contributed by atoms with Crippen LogP contribution in [0.5, 0.6) is 11.5 Å². The van der Waals surface area contributed by atoms with E-state index in [1.807, 2.05) is 74.5 Å². The number of benzene rings is 2. The van der Waals surface area contributed by atoms with Crippen LogP contribution in [-0.2, 0) is 5.60 Å². The van der Waals surface area contributed by atoms with Crippen LogP contribution in [0.4, 0.5) is 0 Å². The SMILES string of the molecule is CCOc1ccc(C(O)(c2ccncc2)c2ccc(OCC)cc2)cc1. The van der Waals surface area contributed by atoms with Crippen LogP contribution in [0.2, 0.25) is 0 Å². The monoisotopic (exact) mass is 349 g/mol. The zero-order valence-corrected chi connectivity index (χ0v) is 15.1. The third kappa shape index (κ3) is 3.55. The first-order chi connectivity index (χ1) is 12.7. The Morgan fingerprint density at radius 1 is 0.692 bits per heavy atom. The summed E-state index contributed by atoms with van der Waals surface area (Å²) in [6, 6.07) is 18.7. The molecule has 0 unspecified atom stereocenters. The normalized spacial score (nSPS) is 11.2. The summed E-state index contributed by atoms with van der Waals surface area (Å²) in [5.74, 6) is 1.56. The molecule has 26 heavy (non-hydrogen) atoms. The third-order valence-corrected chi connectivity index (χ3v) is 4.26. The molecule has 0 aliphatic carbocycles. The molecule has 4 nitrogen and oxygen atoms in total. The van der Waals surface area contributed by atoms with Crippen LogP contribution in [0, 0.1) is 0 Å². The molecular formula is C22H23NO3. The molecule has 134 valence electrons. The Morgan fingerprint density at radius 2 is 1.08 bits per heavy atom. The van der Waals surface area contributed by atoms with Crippen molar-refractivity contribution in [1.29, 1.82) is 0 Å². The predicted molar refractivity (Wildman–Crippen MR) is 102 cm³/mol. The first kappa shape index (κ1) is 18.0. The highest BCUT2D eigenvalue weighted by Crippen LogP contribution is 2.37. The Labute approximate surface area is 154 Å². The second-order valence-electron chi connectivity index (χ2n) is 5.86. The number of rotatable bonds is 7. The Morgan fingerprint density at radius 3 is 1.46 bits per heavy atom. The van der Waals surface area contributed by atoms with Gasteiger partial charge in [-0.3, -0.25) is 4.98 Å². The molecule has 3 rings (SSSR count). The van der Waals surface area contributed by atoms with Gasteiger partial charge in [-0.15, -0.1) is 0 Å². The van der Waals surface area contributed by atoms with Crippen LogP contribution < -0.4 is 9.47 Å². The second-order valence-corrected chi connectivity index (χ2v) is 5.86. The Hall–Kier alpha value is -2.85. The topological polar surface area (TPSA) is 51.6 Å². The minimum absolute atomic E-state index is 0.604. The molecule has 0 atom stereocenters. The van der Waals surface area contributed by atoms with E-state index in [-0.39, 0.29) is 0 Å². The van der Waals surface area contributed by atoms with E-state index in [4.69, 9.17) is 9.47 Å². The molecule has 3 aromatic rings. The predicted octanol–water partition coefficient (Wildman–Crippen LogP) is 4.16. The standard InChI is InChI=1S/C22H23NO3/c1-3-25-20-9-5-17(6-10-20)22(24,19-13-15-23-16-14-19)18-7-11-21(12-8-18)26-4-2/h5-16,24H,3-4H2,1-2H3. The molecule has 1 heterocycles. The van der Waals surface area contributed by atoms with Crippen LogP contribution in [-0.4, -0.2) is 23.3 Å². The maximum Gasteiger partial charge on any atom is 0.140 e. The van der Waals surface area contributed by atoms with Crippen molar-refractivity contribution in [2.45, 2.75) is 19.4 Å². The lowest BCUT2D eigenvalue weighted by Crippen LogP contribution is -2.28. The molecule has 1 N–H and O–H groups in total. The van der Waals surface area contributed by atoms with Gasteiger partial charge in [0.2, 0.25) is 0 Å². The zero-order valence-electron chi connectivity index (χ0n) is 15.1. The number of aromatic nitrogens is 1. The molecule has 0 saturated carbocycles. The van der Waals surface area contributed by atoms with Crippen molar-refractivity contribution in [3.05, 3.63) is 89.7 Å². The zero-order chi connectivity index (χ0) is 18.4. The molecule has 0 aliphatic rings. The number of ether oxygens (including phenoxy) is 2.